The molecule has 0 radical (unpaired) electrons. The first-order valence-electron chi connectivity index (χ1n) is 6.04. The predicted octanol–water partition coefficient (Wildman–Crippen LogP) is 3.87. The highest BCUT2D eigenvalue weighted by Crippen LogP contribution is 2.26. The van der Waals surface area contributed by atoms with Gasteiger partial charge in [-0.2, -0.15) is 0 Å². The van der Waals surface area contributed by atoms with Gasteiger partial charge >= 0.3 is 0 Å². The van der Waals surface area contributed by atoms with Crippen molar-refractivity contribution < 1.29 is 13.5 Å². The maximum atomic E-state index is 13.1. The minimum absolute atomic E-state index is 0.274. The van der Waals surface area contributed by atoms with Gasteiger partial charge in [0, 0.05) is 18.2 Å². The number of halogens is 2. The zero-order valence-electron chi connectivity index (χ0n) is 10.6. The number of nitrogens with one attached hydrogen (secondary N) is 1. The smallest absolute Gasteiger partial charge is 0.146 e. The van der Waals surface area contributed by atoms with Crippen molar-refractivity contribution in [3.05, 3.63) is 52.1 Å². The summed E-state index contributed by atoms with van der Waals surface area (Å²) in [7, 11) is 0. The van der Waals surface area contributed by atoms with Crippen LogP contribution in [0.25, 0.3) is 0 Å². The topological polar surface area (TPSA) is 34.4 Å². The average Bonchev–Trinajstić information content (AvgIpc) is 2.85. The number of rotatable bonds is 6. The first-order chi connectivity index (χ1) is 9.20. The fourth-order valence-electron chi connectivity index (χ4n) is 1.64. The maximum absolute atomic E-state index is 13.1. The predicted molar refractivity (Wildman–Crippen MR) is 74.5 cm³/mol. The summed E-state index contributed by atoms with van der Waals surface area (Å²) in [5.41, 5.74) is 1.05. The van der Waals surface area contributed by atoms with Crippen LogP contribution in [0.1, 0.15) is 18.2 Å². The molecule has 1 N–H and O–H groups in total. The Kier molecular flexibility index (Phi) is 4.99. The monoisotopic (exact) mass is 327 g/mol. The van der Waals surface area contributed by atoms with Gasteiger partial charge in [-0.3, -0.25) is 0 Å². The highest BCUT2D eigenvalue weighted by molar-refractivity contribution is 9.10. The SMILES string of the molecule is CCNCc1ccoc1COc1cc(F)ccc1Br. The lowest BCUT2D eigenvalue weighted by Crippen LogP contribution is -2.12. The van der Waals surface area contributed by atoms with Gasteiger partial charge in [-0.05, 0) is 40.7 Å². The molecule has 1 aromatic heterocycles. The van der Waals surface area contributed by atoms with E-state index in [4.69, 9.17) is 9.15 Å². The van der Waals surface area contributed by atoms with E-state index in [1.807, 2.05) is 13.0 Å². The molecule has 0 saturated heterocycles. The van der Waals surface area contributed by atoms with E-state index in [0.717, 1.165) is 24.4 Å². The van der Waals surface area contributed by atoms with E-state index in [9.17, 15) is 4.39 Å². The lowest BCUT2D eigenvalue weighted by molar-refractivity contribution is 0.265. The van der Waals surface area contributed by atoms with Crippen molar-refractivity contribution in [2.75, 3.05) is 6.54 Å². The molecule has 0 fully saturated rings. The molecule has 1 heterocycles. The van der Waals surface area contributed by atoms with E-state index in [2.05, 4.69) is 21.2 Å². The second-order valence-electron chi connectivity index (χ2n) is 4.01. The molecule has 0 aliphatic carbocycles. The van der Waals surface area contributed by atoms with Crippen LogP contribution < -0.4 is 10.1 Å². The molecule has 1 aromatic carbocycles. The second kappa shape index (κ2) is 6.73. The van der Waals surface area contributed by atoms with Crippen LogP contribution in [0.4, 0.5) is 4.39 Å². The Morgan fingerprint density at radius 2 is 2.21 bits per heavy atom. The molecule has 0 unspecified atom stereocenters. The van der Waals surface area contributed by atoms with Gasteiger partial charge < -0.3 is 14.5 Å². The van der Waals surface area contributed by atoms with Gasteiger partial charge in [-0.25, -0.2) is 4.39 Å². The number of ether oxygens (including phenoxy) is 1. The highest BCUT2D eigenvalue weighted by atomic mass is 79.9. The zero-order valence-corrected chi connectivity index (χ0v) is 12.2. The summed E-state index contributed by atoms with van der Waals surface area (Å²) in [6.07, 6.45) is 1.63. The molecule has 2 rings (SSSR count). The van der Waals surface area contributed by atoms with E-state index >= 15 is 0 Å². The summed E-state index contributed by atoms with van der Waals surface area (Å²) < 4.78 is 24.8. The third-order valence-electron chi connectivity index (χ3n) is 2.66. The third-order valence-corrected chi connectivity index (χ3v) is 3.31. The molecule has 2 aromatic rings. The molecule has 0 spiro atoms. The van der Waals surface area contributed by atoms with Gasteiger partial charge in [0.05, 0.1) is 10.7 Å². The summed E-state index contributed by atoms with van der Waals surface area (Å²) in [6, 6.07) is 6.24. The van der Waals surface area contributed by atoms with Crippen molar-refractivity contribution >= 4 is 15.9 Å². The molecule has 102 valence electrons. The van der Waals surface area contributed by atoms with E-state index in [0.29, 0.717) is 10.2 Å². The Labute approximate surface area is 119 Å². The summed E-state index contributed by atoms with van der Waals surface area (Å²) in [4.78, 5) is 0. The summed E-state index contributed by atoms with van der Waals surface area (Å²) in [5, 5.41) is 3.22. The molecule has 0 aliphatic rings. The molecular formula is C14H15BrFNO2. The van der Waals surface area contributed by atoms with Gasteiger partial charge in [0.25, 0.3) is 0 Å². The highest BCUT2D eigenvalue weighted by Gasteiger charge is 2.09. The largest absolute Gasteiger partial charge is 0.484 e. The van der Waals surface area contributed by atoms with Gasteiger partial charge in [0.15, 0.2) is 0 Å². The lowest BCUT2D eigenvalue weighted by atomic mass is 10.2. The minimum Gasteiger partial charge on any atom is -0.484 e. The van der Waals surface area contributed by atoms with Crippen LogP contribution in [0, 0.1) is 5.82 Å². The van der Waals surface area contributed by atoms with E-state index in [1.54, 1.807) is 12.3 Å². The number of furan rings is 1. The molecule has 0 atom stereocenters. The van der Waals surface area contributed by atoms with Crippen LogP contribution in [0.3, 0.4) is 0 Å². The van der Waals surface area contributed by atoms with Crippen LogP contribution in [0.2, 0.25) is 0 Å². The Morgan fingerprint density at radius 1 is 1.37 bits per heavy atom. The standard InChI is InChI=1S/C14H15BrFNO2/c1-2-17-8-10-5-6-18-14(10)9-19-13-7-11(16)3-4-12(13)15/h3-7,17H,2,8-9H2,1H3. The minimum atomic E-state index is -0.328. The van der Waals surface area contributed by atoms with Crippen molar-refractivity contribution in [2.24, 2.45) is 0 Å². The number of benzene rings is 1. The normalized spacial score (nSPS) is 10.7. The van der Waals surface area contributed by atoms with Crippen LogP contribution in [0.5, 0.6) is 5.75 Å². The van der Waals surface area contributed by atoms with Crippen LogP contribution in [-0.2, 0) is 13.2 Å². The van der Waals surface area contributed by atoms with Crippen molar-refractivity contribution in [2.45, 2.75) is 20.1 Å². The lowest BCUT2D eigenvalue weighted by Gasteiger charge is -2.08. The van der Waals surface area contributed by atoms with E-state index in [-0.39, 0.29) is 12.4 Å². The zero-order chi connectivity index (χ0) is 13.7. The molecular weight excluding hydrogens is 313 g/mol. The van der Waals surface area contributed by atoms with Crippen LogP contribution in [0.15, 0.2) is 39.4 Å². The van der Waals surface area contributed by atoms with Crippen molar-refractivity contribution in [1.29, 1.82) is 0 Å². The van der Waals surface area contributed by atoms with Crippen molar-refractivity contribution in [3.63, 3.8) is 0 Å². The summed E-state index contributed by atoms with van der Waals surface area (Å²) in [6.45, 7) is 3.94. The molecule has 0 amide bonds. The summed E-state index contributed by atoms with van der Waals surface area (Å²) >= 11 is 3.32. The van der Waals surface area contributed by atoms with Crippen molar-refractivity contribution in [3.8, 4) is 5.75 Å². The summed E-state index contributed by atoms with van der Waals surface area (Å²) in [5.74, 6) is 0.883. The third kappa shape index (κ3) is 3.81. The fourth-order valence-corrected chi connectivity index (χ4v) is 2.00. The molecule has 3 nitrogen and oxygen atoms in total. The Balaban J connectivity index is 2.02. The average molecular weight is 328 g/mol. The molecule has 0 bridgehead atoms. The van der Waals surface area contributed by atoms with Gasteiger partial charge in [0.2, 0.25) is 0 Å². The van der Waals surface area contributed by atoms with Crippen LogP contribution in [-0.4, -0.2) is 6.54 Å². The van der Waals surface area contributed by atoms with Gasteiger partial charge in [0.1, 0.15) is 23.9 Å². The molecule has 19 heavy (non-hydrogen) atoms. The van der Waals surface area contributed by atoms with Crippen molar-refractivity contribution in [1.82, 2.24) is 5.32 Å². The number of hydrogen-bond acceptors (Lipinski definition) is 3. The van der Waals surface area contributed by atoms with Gasteiger partial charge in [-0.1, -0.05) is 6.92 Å². The fraction of sp³-hybridized carbons (Fsp3) is 0.286. The molecule has 5 heteroatoms. The molecule has 0 saturated carbocycles. The first kappa shape index (κ1) is 14.1. The Hall–Kier alpha value is -1.33. The Bertz CT molecular complexity index is 542. The van der Waals surface area contributed by atoms with E-state index < -0.39 is 0 Å². The van der Waals surface area contributed by atoms with E-state index in [1.165, 1.54) is 12.1 Å². The molecule has 0 aliphatic heterocycles. The second-order valence-corrected chi connectivity index (χ2v) is 4.87. The quantitative estimate of drug-likeness (QED) is 0.874. The Morgan fingerprint density at radius 3 is 3.00 bits per heavy atom. The number of hydrogen-bond donors (Lipinski definition) is 1. The van der Waals surface area contributed by atoms with Gasteiger partial charge in [-0.15, -0.1) is 0 Å². The first-order valence-corrected chi connectivity index (χ1v) is 6.83. The maximum Gasteiger partial charge on any atom is 0.146 e. The van der Waals surface area contributed by atoms with Crippen LogP contribution >= 0.6 is 15.9 Å².